The van der Waals surface area contributed by atoms with Crippen LogP contribution in [0.4, 0.5) is 6.01 Å². The minimum Gasteiger partial charge on any atom is -0.444 e. The number of carbonyl (C=O) groups is 1. The number of furan rings is 1. The van der Waals surface area contributed by atoms with Gasteiger partial charge in [0.25, 0.3) is 11.8 Å². The second kappa shape index (κ2) is 7.04. The molecule has 0 aliphatic carbocycles. The maximum Gasteiger partial charge on any atom is 0.322 e. The molecule has 0 fully saturated rings. The molecule has 10 heteroatoms. The van der Waals surface area contributed by atoms with Gasteiger partial charge < -0.3 is 8.83 Å². The molecule has 0 bridgehead atoms. The Bertz CT molecular complexity index is 1040. The van der Waals surface area contributed by atoms with Crippen LogP contribution in [0.1, 0.15) is 24.2 Å². The zero-order valence-corrected chi connectivity index (χ0v) is 16.2. The van der Waals surface area contributed by atoms with Gasteiger partial charge in [-0.05, 0) is 66.2 Å². The quantitative estimate of drug-likeness (QED) is 0.645. The van der Waals surface area contributed by atoms with E-state index in [1.807, 2.05) is 0 Å². The summed E-state index contributed by atoms with van der Waals surface area (Å²) in [4.78, 5) is 12.4. The van der Waals surface area contributed by atoms with Gasteiger partial charge in [-0.3, -0.25) is 10.1 Å². The number of nitrogens with one attached hydrogen (secondary N) is 1. The number of carbonyl (C=O) groups excluding carboxylic acids is 1. The number of nitrogens with zero attached hydrogens (tertiary/aromatic N) is 2. The topological polar surface area (TPSA) is 115 Å². The van der Waals surface area contributed by atoms with Crippen LogP contribution in [0.5, 0.6) is 0 Å². The van der Waals surface area contributed by atoms with Crippen LogP contribution >= 0.6 is 15.9 Å². The lowest BCUT2D eigenvalue weighted by molar-refractivity contribution is 0.102. The number of benzene rings is 1. The first-order chi connectivity index (χ1) is 12.3. The zero-order chi connectivity index (χ0) is 18.9. The van der Waals surface area contributed by atoms with Crippen molar-refractivity contribution in [3.8, 4) is 11.7 Å². The fourth-order valence-corrected chi connectivity index (χ4v) is 3.41. The highest BCUT2D eigenvalue weighted by atomic mass is 79.9. The highest BCUT2D eigenvalue weighted by Crippen LogP contribution is 2.25. The van der Waals surface area contributed by atoms with Crippen molar-refractivity contribution in [2.24, 2.45) is 0 Å². The zero-order valence-electron chi connectivity index (χ0n) is 13.8. The van der Waals surface area contributed by atoms with Crippen LogP contribution in [0.25, 0.3) is 11.7 Å². The Kier molecular flexibility index (Phi) is 4.97. The van der Waals surface area contributed by atoms with E-state index in [0.29, 0.717) is 10.4 Å². The smallest absolute Gasteiger partial charge is 0.322 e. The van der Waals surface area contributed by atoms with Gasteiger partial charge in [-0.1, -0.05) is 5.10 Å². The van der Waals surface area contributed by atoms with Crippen molar-refractivity contribution in [3.63, 3.8) is 0 Å². The lowest BCUT2D eigenvalue weighted by Gasteiger charge is -2.08. The first-order valence-corrected chi connectivity index (χ1v) is 9.86. The monoisotopic (exact) mass is 439 g/mol. The van der Waals surface area contributed by atoms with Gasteiger partial charge in [0.2, 0.25) is 0 Å². The maximum atomic E-state index is 12.2. The number of aromatic nitrogens is 2. The summed E-state index contributed by atoms with van der Waals surface area (Å²) in [5.41, 5.74) is 0.258. The Morgan fingerprint density at radius 1 is 1.08 bits per heavy atom. The van der Waals surface area contributed by atoms with E-state index in [2.05, 4.69) is 31.4 Å². The Morgan fingerprint density at radius 3 is 2.35 bits per heavy atom. The van der Waals surface area contributed by atoms with Gasteiger partial charge in [0.05, 0.1) is 10.1 Å². The standard InChI is InChI=1S/C16H14BrN3O5S/c1-9(2)26(22,23)11-5-3-10(4-6-11)14(21)18-16-20-19-15(25-16)12-7-8-13(17)24-12/h3-9H,1-2H3,(H,18,20,21). The lowest BCUT2D eigenvalue weighted by atomic mass is 10.2. The molecule has 0 unspecified atom stereocenters. The minimum atomic E-state index is -3.39. The SMILES string of the molecule is CC(C)S(=O)(=O)c1ccc(C(=O)Nc2nnc(-c3ccc(Br)o3)o2)cc1. The fourth-order valence-electron chi connectivity index (χ4n) is 2.04. The highest BCUT2D eigenvalue weighted by Gasteiger charge is 2.20. The molecular weight excluding hydrogens is 426 g/mol. The predicted molar refractivity (Wildman–Crippen MR) is 96.4 cm³/mol. The first-order valence-electron chi connectivity index (χ1n) is 7.52. The minimum absolute atomic E-state index is 0.101. The molecule has 8 nitrogen and oxygen atoms in total. The Morgan fingerprint density at radius 2 is 1.77 bits per heavy atom. The van der Waals surface area contributed by atoms with Crippen LogP contribution in [0, 0.1) is 0 Å². The van der Waals surface area contributed by atoms with Gasteiger partial charge in [0.15, 0.2) is 20.3 Å². The molecule has 1 amide bonds. The van der Waals surface area contributed by atoms with E-state index < -0.39 is 21.0 Å². The van der Waals surface area contributed by atoms with E-state index in [-0.39, 0.29) is 22.4 Å². The molecule has 2 aromatic heterocycles. The second-order valence-electron chi connectivity index (χ2n) is 5.59. The average molecular weight is 440 g/mol. The van der Waals surface area contributed by atoms with Crippen LogP contribution < -0.4 is 5.32 Å². The molecule has 0 saturated carbocycles. The van der Waals surface area contributed by atoms with Gasteiger partial charge in [-0.2, -0.15) is 0 Å². The normalized spacial score (nSPS) is 11.7. The number of anilines is 1. The van der Waals surface area contributed by atoms with E-state index >= 15 is 0 Å². The average Bonchev–Trinajstić information content (AvgIpc) is 3.23. The molecule has 1 aromatic carbocycles. The van der Waals surface area contributed by atoms with Gasteiger partial charge in [-0.25, -0.2) is 8.42 Å². The third-order valence-electron chi connectivity index (χ3n) is 3.50. The summed E-state index contributed by atoms with van der Waals surface area (Å²) in [5, 5.41) is 9.43. The van der Waals surface area contributed by atoms with Crippen molar-refractivity contribution in [3.05, 3.63) is 46.6 Å². The summed E-state index contributed by atoms with van der Waals surface area (Å²) in [5.74, 6) is -0.0354. The van der Waals surface area contributed by atoms with Crippen LogP contribution in [0.3, 0.4) is 0 Å². The van der Waals surface area contributed by atoms with Crippen LogP contribution in [0.2, 0.25) is 0 Å². The lowest BCUT2D eigenvalue weighted by Crippen LogP contribution is -2.15. The molecule has 1 N–H and O–H groups in total. The summed E-state index contributed by atoms with van der Waals surface area (Å²) in [7, 11) is -3.39. The van der Waals surface area contributed by atoms with E-state index in [1.54, 1.807) is 26.0 Å². The first kappa shape index (κ1) is 18.3. The molecule has 0 saturated heterocycles. The number of amides is 1. The van der Waals surface area contributed by atoms with E-state index in [1.165, 1.54) is 24.3 Å². The number of hydrogen-bond donors (Lipinski definition) is 1. The van der Waals surface area contributed by atoms with Crippen molar-refractivity contribution in [1.29, 1.82) is 0 Å². The molecule has 3 aromatic rings. The largest absolute Gasteiger partial charge is 0.444 e. The van der Waals surface area contributed by atoms with Crippen molar-refractivity contribution in [1.82, 2.24) is 10.2 Å². The summed E-state index contributed by atoms with van der Waals surface area (Å²) in [6.07, 6.45) is 0. The number of hydrogen-bond acceptors (Lipinski definition) is 7. The van der Waals surface area contributed by atoms with Crippen LogP contribution in [-0.2, 0) is 9.84 Å². The number of rotatable bonds is 5. The van der Waals surface area contributed by atoms with Crippen molar-refractivity contribution < 1.29 is 22.0 Å². The summed E-state index contributed by atoms with van der Waals surface area (Å²) >= 11 is 3.17. The summed E-state index contributed by atoms with van der Waals surface area (Å²) in [6.45, 7) is 3.20. The van der Waals surface area contributed by atoms with Crippen molar-refractivity contribution >= 4 is 37.7 Å². The summed E-state index contributed by atoms with van der Waals surface area (Å²) in [6, 6.07) is 8.84. The number of sulfone groups is 1. The van der Waals surface area contributed by atoms with E-state index in [4.69, 9.17) is 8.83 Å². The van der Waals surface area contributed by atoms with Crippen molar-refractivity contribution in [2.45, 2.75) is 24.0 Å². The van der Waals surface area contributed by atoms with Gasteiger partial charge in [-0.15, -0.1) is 5.10 Å². The van der Waals surface area contributed by atoms with Crippen LogP contribution in [-0.4, -0.2) is 29.8 Å². The molecule has 0 aliphatic heterocycles. The molecule has 0 aliphatic rings. The molecule has 0 radical (unpaired) electrons. The van der Waals surface area contributed by atoms with Gasteiger partial charge in [0.1, 0.15) is 0 Å². The molecule has 3 rings (SSSR count). The Balaban J connectivity index is 1.74. The van der Waals surface area contributed by atoms with Gasteiger partial charge in [0, 0.05) is 5.56 Å². The molecular formula is C16H14BrN3O5S. The van der Waals surface area contributed by atoms with Gasteiger partial charge >= 0.3 is 6.01 Å². The predicted octanol–water partition coefficient (Wildman–Crippen LogP) is 3.53. The number of halogens is 1. The molecule has 0 atom stereocenters. The molecule has 2 heterocycles. The Hall–Kier alpha value is -2.46. The van der Waals surface area contributed by atoms with Crippen LogP contribution in [0.15, 0.2) is 54.8 Å². The Labute approximate surface area is 157 Å². The fraction of sp³-hybridized carbons (Fsp3) is 0.188. The maximum absolute atomic E-state index is 12.2. The molecule has 26 heavy (non-hydrogen) atoms. The van der Waals surface area contributed by atoms with E-state index in [9.17, 15) is 13.2 Å². The highest BCUT2D eigenvalue weighted by molar-refractivity contribution is 9.10. The van der Waals surface area contributed by atoms with Crippen molar-refractivity contribution in [2.75, 3.05) is 5.32 Å². The second-order valence-corrected chi connectivity index (χ2v) is 8.87. The third kappa shape index (κ3) is 3.70. The summed E-state index contributed by atoms with van der Waals surface area (Å²) < 4.78 is 35.3. The third-order valence-corrected chi connectivity index (χ3v) is 6.09. The molecule has 136 valence electrons. The van der Waals surface area contributed by atoms with E-state index in [0.717, 1.165) is 0 Å². The molecule has 0 spiro atoms.